The number of quaternary nitrogens is 1. The van der Waals surface area contributed by atoms with Gasteiger partial charge in [-0.15, -0.1) is 0 Å². The van der Waals surface area contributed by atoms with E-state index < -0.39 is 11.9 Å². The van der Waals surface area contributed by atoms with Crippen LogP contribution in [-0.4, -0.2) is 11.9 Å². The van der Waals surface area contributed by atoms with Crippen LogP contribution < -0.4 is 9.62 Å². The molecule has 2 N–H and O–H groups in total. The van der Waals surface area contributed by atoms with Crippen molar-refractivity contribution in [3.05, 3.63) is 12.3 Å². The lowest BCUT2D eigenvalue weighted by Gasteiger charge is -2.17. The van der Waals surface area contributed by atoms with E-state index in [1.54, 1.807) is 0 Å². The molecule has 0 aliphatic carbocycles. The Kier molecular flexibility index (Phi) is 1.54. The van der Waals surface area contributed by atoms with Gasteiger partial charge in [0.1, 0.15) is 0 Å². The minimum Gasteiger partial charge on any atom is -0.476 e. The van der Waals surface area contributed by atoms with E-state index >= 15 is 0 Å². The fourth-order valence-corrected chi connectivity index (χ4v) is 0.573. The molecule has 0 aromatic rings. The summed E-state index contributed by atoms with van der Waals surface area (Å²) >= 11 is 4.44. The van der Waals surface area contributed by atoms with Crippen molar-refractivity contribution in [2.75, 3.05) is 0 Å². The highest BCUT2D eigenvalue weighted by molar-refractivity contribution is 7.52. The average Bonchev–Trinajstić information content (AvgIpc) is 1.83. The quantitative estimate of drug-likeness (QED) is 0.390. The van der Waals surface area contributed by atoms with Crippen LogP contribution in [0.25, 0.3) is 0 Å². The van der Waals surface area contributed by atoms with E-state index in [0.717, 1.165) is 0 Å². The van der Waals surface area contributed by atoms with Crippen LogP contribution in [0.15, 0.2) is 12.3 Å². The van der Waals surface area contributed by atoms with E-state index in [0.29, 0.717) is 0 Å². The summed E-state index contributed by atoms with van der Waals surface area (Å²) in [6.07, 6.45) is 2.50. The molecule has 0 spiro atoms. The molecule has 1 heterocycles. The smallest absolute Gasteiger partial charge is 0.408 e. The Morgan fingerprint density at radius 1 is 1.56 bits per heavy atom. The zero-order valence-electron chi connectivity index (χ0n) is 4.38. The van der Waals surface area contributed by atoms with Gasteiger partial charge in [-0.1, -0.05) is 0 Å². The summed E-state index contributed by atoms with van der Waals surface area (Å²) in [5.74, 6) is -0.395. The Balaban J connectivity index is 2.81. The van der Waals surface area contributed by atoms with E-state index in [-0.39, 0.29) is 4.31 Å². The lowest BCUT2D eigenvalue weighted by Crippen LogP contribution is -3.14. The third-order valence-corrected chi connectivity index (χ3v) is 1.27. The first kappa shape index (κ1) is 6.31. The highest BCUT2D eigenvalue weighted by atomic mass is 32.1. The molecule has 1 aliphatic rings. The number of nitrogens with one attached hydrogen (secondary N) is 2. The van der Waals surface area contributed by atoms with E-state index in [4.69, 9.17) is 0 Å². The molecule has 0 aromatic carbocycles. The minimum absolute atomic E-state index is 0.169. The molecule has 0 fully saturated rings. The summed E-state index contributed by atoms with van der Waals surface area (Å²) in [7, 11) is 0. The van der Waals surface area contributed by atoms with Crippen molar-refractivity contribution in [1.29, 1.82) is 0 Å². The van der Waals surface area contributed by atoms with Gasteiger partial charge in [-0.3, -0.25) is 9.62 Å². The van der Waals surface area contributed by atoms with Crippen LogP contribution in [0.4, 0.5) is 4.79 Å². The standard InChI is InChI=1S/C4H4N2O2S/c7-3-1-2-5-4(8)6(3)9/h1-2,6H,(H,5,8). The fourth-order valence-electron chi connectivity index (χ4n) is 0.446. The van der Waals surface area contributed by atoms with Crippen molar-refractivity contribution in [3.8, 4) is 0 Å². The molecule has 1 unspecified atom stereocenters. The van der Waals surface area contributed by atoms with E-state index in [1.807, 2.05) is 0 Å². The molecule has 1 rings (SSSR count). The third kappa shape index (κ3) is 1.11. The Morgan fingerprint density at radius 2 is 2.22 bits per heavy atom. The second kappa shape index (κ2) is 2.20. The van der Waals surface area contributed by atoms with Crippen molar-refractivity contribution >= 4 is 24.8 Å². The van der Waals surface area contributed by atoms with Crippen molar-refractivity contribution in [2.24, 2.45) is 0 Å². The number of amides is 3. The Bertz CT molecular complexity index is 189. The summed E-state index contributed by atoms with van der Waals surface area (Å²) in [6.45, 7) is 0. The van der Waals surface area contributed by atoms with E-state index in [1.165, 1.54) is 12.3 Å². The molecule has 0 radical (unpaired) electrons. The zero-order valence-corrected chi connectivity index (χ0v) is 5.20. The number of hydrogen-bond donors (Lipinski definition) is 2. The van der Waals surface area contributed by atoms with Gasteiger partial charge >= 0.3 is 11.9 Å². The first-order valence-electron chi connectivity index (χ1n) is 2.27. The molecule has 0 bridgehead atoms. The molecule has 5 heteroatoms. The maximum absolute atomic E-state index is 10.5. The molecule has 4 nitrogen and oxygen atoms in total. The molecule has 9 heavy (non-hydrogen) atoms. The van der Waals surface area contributed by atoms with Gasteiger partial charge in [0.15, 0.2) is 0 Å². The van der Waals surface area contributed by atoms with E-state index in [2.05, 4.69) is 18.1 Å². The highest BCUT2D eigenvalue weighted by Gasteiger charge is 2.17. The van der Waals surface area contributed by atoms with Gasteiger partial charge in [-0.05, 0) is 0 Å². The molecule has 48 valence electrons. The second-order valence-electron chi connectivity index (χ2n) is 1.50. The van der Waals surface area contributed by atoms with Crippen molar-refractivity contribution < 1.29 is 13.9 Å². The summed E-state index contributed by atoms with van der Waals surface area (Å²) in [6, 6.07) is -0.488. The summed E-state index contributed by atoms with van der Waals surface area (Å²) in [4.78, 5) is 21.0. The van der Waals surface area contributed by atoms with Gasteiger partial charge in [0.2, 0.25) is 0 Å². The first-order chi connectivity index (χ1) is 4.22. The third-order valence-electron chi connectivity index (χ3n) is 0.879. The monoisotopic (exact) mass is 144 g/mol. The first-order valence-corrected chi connectivity index (χ1v) is 2.68. The van der Waals surface area contributed by atoms with Gasteiger partial charge in [-0.2, -0.15) is 0 Å². The van der Waals surface area contributed by atoms with Crippen molar-refractivity contribution in [3.63, 3.8) is 0 Å². The van der Waals surface area contributed by atoms with Crippen molar-refractivity contribution in [1.82, 2.24) is 5.32 Å². The molecule has 0 saturated heterocycles. The normalized spacial score (nSPS) is 26.1. The molecule has 1 aliphatic heterocycles. The Labute approximate surface area is 57.1 Å². The molecule has 1 atom stereocenters. The molecular formula is C4H4N2O2S. The fraction of sp³-hybridized carbons (Fsp3) is 0. The van der Waals surface area contributed by atoms with Crippen molar-refractivity contribution in [2.45, 2.75) is 0 Å². The lowest BCUT2D eigenvalue weighted by atomic mass is 10.5. The van der Waals surface area contributed by atoms with Crippen LogP contribution in [0.5, 0.6) is 0 Å². The average molecular weight is 144 g/mol. The molecule has 0 saturated carbocycles. The van der Waals surface area contributed by atoms with Gasteiger partial charge in [0.05, 0.1) is 6.08 Å². The molecule has 3 amide bonds. The summed E-state index contributed by atoms with van der Waals surface area (Å²) in [5, 5.41) is 2.28. The number of urea groups is 1. The van der Waals surface area contributed by atoms with Crippen LogP contribution in [0, 0.1) is 0 Å². The summed E-state index contributed by atoms with van der Waals surface area (Å²) < 4.78 is -0.169. The maximum atomic E-state index is 10.5. The van der Waals surface area contributed by atoms with Gasteiger partial charge in [0, 0.05) is 6.20 Å². The zero-order chi connectivity index (χ0) is 6.85. The predicted octanol–water partition coefficient (Wildman–Crippen LogP) is -1.90. The summed E-state index contributed by atoms with van der Waals surface area (Å²) in [5.41, 5.74) is 0. The van der Waals surface area contributed by atoms with E-state index in [9.17, 15) is 9.59 Å². The lowest BCUT2D eigenvalue weighted by molar-refractivity contribution is -0.567. The number of carbonyl (C=O) groups excluding carboxylic acids is 2. The Hall–Kier alpha value is -0.810. The van der Waals surface area contributed by atoms with Gasteiger partial charge < -0.3 is 12.8 Å². The minimum atomic E-state index is -0.488. The van der Waals surface area contributed by atoms with Crippen LogP contribution in [-0.2, 0) is 17.6 Å². The number of imide groups is 1. The number of rotatable bonds is 0. The van der Waals surface area contributed by atoms with Crippen LogP contribution in [0.3, 0.4) is 0 Å². The molecular weight excluding hydrogens is 140 g/mol. The second-order valence-corrected chi connectivity index (χ2v) is 1.91. The number of hydrogen-bond acceptors (Lipinski definition) is 3. The van der Waals surface area contributed by atoms with Gasteiger partial charge in [0.25, 0.3) is 0 Å². The van der Waals surface area contributed by atoms with Crippen LogP contribution >= 0.6 is 0 Å². The SMILES string of the molecule is O=C1C=CNC(=O)[NH+]1[S-]. The maximum Gasteiger partial charge on any atom is 0.408 e. The van der Waals surface area contributed by atoms with Gasteiger partial charge in [-0.25, -0.2) is 9.59 Å². The van der Waals surface area contributed by atoms with Crippen LogP contribution in [0.2, 0.25) is 0 Å². The largest absolute Gasteiger partial charge is 0.476 e. The molecule has 0 aromatic heterocycles. The topological polar surface area (TPSA) is 50.6 Å². The highest BCUT2D eigenvalue weighted by Crippen LogP contribution is 1.71. The predicted molar refractivity (Wildman–Crippen MR) is 31.0 cm³/mol. The number of carbonyl (C=O) groups is 2. The Morgan fingerprint density at radius 3 is 2.67 bits per heavy atom. The van der Waals surface area contributed by atoms with Crippen LogP contribution in [0.1, 0.15) is 0 Å².